The van der Waals surface area contributed by atoms with Gasteiger partial charge in [-0.05, 0) is 43.5 Å². The largest absolute Gasteiger partial charge is 0.497 e. The second kappa shape index (κ2) is 11.5. The summed E-state index contributed by atoms with van der Waals surface area (Å²) in [6.07, 6.45) is 1.95. The number of piperidine rings is 1. The molecule has 3 rings (SSSR count). The van der Waals surface area contributed by atoms with Crippen molar-refractivity contribution in [2.45, 2.75) is 19.3 Å². The van der Waals surface area contributed by atoms with E-state index in [0.717, 1.165) is 17.8 Å². The summed E-state index contributed by atoms with van der Waals surface area (Å²) in [6, 6.07) is 6.88. The second-order valence-electron chi connectivity index (χ2n) is 7.30. The van der Waals surface area contributed by atoms with Crippen molar-refractivity contribution in [3.63, 3.8) is 0 Å². The van der Waals surface area contributed by atoms with Crippen molar-refractivity contribution in [3.05, 3.63) is 34.3 Å². The first kappa shape index (κ1) is 23.6. The van der Waals surface area contributed by atoms with Crippen molar-refractivity contribution in [1.29, 1.82) is 0 Å². The summed E-state index contributed by atoms with van der Waals surface area (Å²) in [7, 11) is 3.19. The van der Waals surface area contributed by atoms with Gasteiger partial charge in [0.25, 0.3) is 11.8 Å². The van der Waals surface area contributed by atoms with Crippen molar-refractivity contribution in [3.8, 4) is 5.75 Å². The number of benzene rings is 1. The van der Waals surface area contributed by atoms with Gasteiger partial charge in [0.05, 0.1) is 7.11 Å². The van der Waals surface area contributed by atoms with E-state index in [1.54, 1.807) is 43.4 Å². The van der Waals surface area contributed by atoms with Crippen LogP contribution < -0.4 is 15.4 Å². The molecule has 1 aliphatic rings. The lowest BCUT2D eigenvalue weighted by molar-refractivity contribution is -0.126. The maximum absolute atomic E-state index is 12.8. The lowest BCUT2D eigenvalue weighted by Gasteiger charge is -2.30. The van der Waals surface area contributed by atoms with E-state index < -0.39 is 5.91 Å². The molecule has 1 fully saturated rings. The highest BCUT2D eigenvalue weighted by molar-refractivity contribution is 7.15. The fourth-order valence-corrected chi connectivity index (χ4v) is 4.02. The van der Waals surface area contributed by atoms with Gasteiger partial charge in [0.15, 0.2) is 0 Å². The normalized spacial score (nSPS) is 14.1. The Morgan fingerprint density at radius 2 is 1.78 bits per heavy atom. The number of likely N-dealkylation sites (tertiary alicyclic amines) is 1. The fraction of sp³-hybridized carbons (Fsp3) is 0.476. The number of nitrogens with one attached hydrogen (secondary N) is 2. The van der Waals surface area contributed by atoms with E-state index >= 15 is 0 Å². The maximum Gasteiger partial charge on any atom is 0.286 e. The van der Waals surface area contributed by atoms with Gasteiger partial charge >= 0.3 is 0 Å². The molecule has 0 spiro atoms. The van der Waals surface area contributed by atoms with Crippen molar-refractivity contribution in [2.75, 3.05) is 45.8 Å². The molecule has 172 valence electrons. The summed E-state index contributed by atoms with van der Waals surface area (Å²) < 4.78 is 10.1. The number of methoxy groups -OCH3 is 2. The molecule has 2 N–H and O–H groups in total. The molecule has 1 aromatic carbocycles. The quantitative estimate of drug-likeness (QED) is 0.546. The van der Waals surface area contributed by atoms with E-state index in [9.17, 15) is 14.4 Å². The predicted octanol–water partition coefficient (Wildman–Crippen LogP) is 1.80. The number of aromatic nitrogens is 2. The minimum absolute atomic E-state index is 0.0154. The van der Waals surface area contributed by atoms with Crippen LogP contribution in [0.15, 0.2) is 24.3 Å². The molecule has 2 heterocycles. The van der Waals surface area contributed by atoms with Crippen LogP contribution in [0, 0.1) is 5.92 Å². The second-order valence-corrected chi connectivity index (χ2v) is 8.28. The smallest absolute Gasteiger partial charge is 0.286 e. The van der Waals surface area contributed by atoms with Gasteiger partial charge in [-0.25, -0.2) is 0 Å². The molecule has 1 aliphatic heterocycles. The summed E-state index contributed by atoms with van der Waals surface area (Å²) in [5, 5.41) is 13.7. The molecule has 1 saturated heterocycles. The standard InChI is InChI=1S/C21H27N5O5S/c1-30-13-3-10-22-17(27)14-8-11-26(12-9-14)21(29)20-25-24-19(32-20)18(28)23-15-4-6-16(31-2)7-5-15/h4-7,14H,3,8-13H2,1-2H3,(H,22,27)(H,23,28). The Bertz CT molecular complexity index is 925. The molecule has 1 aromatic heterocycles. The van der Waals surface area contributed by atoms with Crippen LogP contribution >= 0.6 is 11.3 Å². The number of amides is 3. The van der Waals surface area contributed by atoms with Gasteiger partial charge in [-0.15, -0.1) is 10.2 Å². The van der Waals surface area contributed by atoms with Crippen LogP contribution in [0.3, 0.4) is 0 Å². The zero-order chi connectivity index (χ0) is 22.9. The van der Waals surface area contributed by atoms with Gasteiger partial charge in [0.1, 0.15) is 5.75 Å². The lowest BCUT2D eigenvalue weighted by Crippen LogP contribution is -2.43. The number of rotatable bonds is 9. The molecule has 10 nitrogen and oxygen atoms in total. The lowest BCUT2D eigenvalue weighted by atomic mass is 9.96. The number of carbonyl (C=O) groups excluding carboxylic acids is 3. The summed E-state index contributed by atoms with van der Waals surface area (Å²) in [5.74, 6) is -0.122. The topological polar surface area (TPSA) is 123 Å². The van der Waals surface area contributed by atoms with Crippen LogP contribution in [-0.2, 0) is 9.53 Å². The Balaban J connectivity index is 1.49. The molecule has 2 aromatic rings. The highest BCUT2D eigenvalue weighted by atomic mass is 32.1. The third-order valence-corrected chi connectivity index (χ3v) is 6.04. The zero-order valence-electron chi connectivity index (χ0n) is 18.1. The monoisotopic (exact) mass is 461 g/mol. The summed E-state index contributed by atoms with van der Waals surface area (Å²) in [5.41, 5.74) is 0.585. The van der Waals surface area contributed by atoms with E-state index in [1.807, 2.05) is 0 Å². The first-order valence-electron chi connectivity index (χ1n) is 10.4. The van der Waals surface area contributed by atoms with Crippen LogP contribution in [-0.4, -0.2) is 73.3 Å². The summed E-state index contributed by atoms with van der Waals surface area (Å²) in [4.78, 5) is 39.1. The van der Waals surface area contributed by atoms with E-state index in [0.29, 0.717) is 50.5 Å². The minimum Gasteiger partial charge on any atom is -0.497 e. The highest BCUT2D eigenvalue weighted by Crippen LogP contribution is 2.21. The van der Waals surface area contributed by atoms with Crippen molar-refractivity contribution < 1.29 is 23.9 Å². The molecule has 0 radical (unpaired) electrons. The van der Waals surface area contributed by atoms with Crippen LogP contribution in [0.25, 0.3) is 0 Å². The summed E-state index contributed by atoms with van der Waals surface area (Å²) in [6.45, 7) is 2.11. The predicted molar refractivity (Wildman–Crippen MR) is 119 cm³/mol. The maximum atomic E-state index is 12.8. The number of nitrogens with zero attached hydrogens (tertiary/aromatic N) is 3. The van der Waals surface area contributed by atoms with Gasteiger partial charge in [-0.3, -0.25) is 14.4 Å². The molecular formula is C21H27N5O5S. The van der Waals surface area contributed by atoms with Crippen molar-refractivity contribution in [1.82, 2.24) is 20.4 Å². The SMILES string of the molecule is COCCCNC(=O)C1CCN(C(=O)c2nnc(C(=O)Nc3ccc(OC)cc3)s2)CC1. The molecule has 0 unspecified atom stereocenters. The Morgan fingerprint density at radius 1 is 1.09 bits per heavy atom. The number of hydrogen-bond acceptors (Lipinski definition) is 8. The molecular weight excluding hydrogens is 434 g/mol. The van der Waals surface area contributed by atoms with E-state index in [1.165, 1.54) is 0 Å². The van der Waals surface area contributed by atoms with Crippen molar-refractivity contribution in [2.24, 2.45) is 5.92 Å². The van der Waals surface area contributed by atoms with E-state index in [-0.39, 0.29) is 27.7 Å². The summed E-state index contributed by atoms with van der Waals surface area (Å²) >= 11 is 0.951. The number of carbonyl (C=O) groups is 3. The molecule has 0 saturated carbocycles. The van der Waals surface area contributed by atoms with Gasteiger partial charge in [0, 0.05) is 45.0 Å². The van der Waals surface area contributed by atoms with Gasteiger partial charge in [0.2, 0.25) is 15.9 Å². The molecule has 11 heteroatoms. The Kier molecular flexibility index (Phi) is 8.51. The average Bonchev–Trinajstić information content (AvgIpc) is 3.32. The average molecular weight is 462 g/mol. The highest BCUT2D eigenvalue weighted by Gasteiger charge is 2.29. The van der Waals surface area contributed by atoms with Crippen molar-refractivity contribution >= 4 is 34.7 Å². The molecule has 0 atom stereocenters. The molecule has 32 heavy (non-hydrogen) atoms. The van der Waals surface area contributed by atoms with Gasteiger partial charge in [-0.1, -0.05) is 11.3 Å². The first-order valence-corrected chi connectivity index (χ1v) is 11.2. The van der Waals surface area contributed by atoms with Gasteiger partial charge in [-0.2, -0.15) is 0 Å². The molecule has 0 bridgehead atoms. The molecule has 3 amide bonds. The molecule has 0 aliphatic carbocycles. The van der Waals surface area contributed by atoms with E-state index in [4.69, 9.17) is 9.47 Å². The van der Waals surface area contributed by atoms with Gasteiger partial charge < -0.3 is 25.0 Å². The van der Waals surface area contributed by atoms with Crippen LogP contribution in [0.1, 0.15) is 38.9 Å². The first-order chi connectivity index (χ1) is 15.5. The Morgan fingerprint density at radius 3 is 2.44 bits per heavy atom. The van der Waals surface area contributed by atoms with Crippen LogP contribution in [0.2, 0.25) is 0 Å². The fourth-order valence-electron chi connectivity index (χ4n) is 3.31. The third-order valence-electron chi connectivity index (χ3n) is 5.13. The minimum atomic E-state index is -0.435. The third kappa shape index (κ3) is 6.24. The van der Waals surface area contributed by atoms with Crippen LogP contribution in [0.5, 0.6) is 5.75 Å². The zero-order valence-corrected chi connectivity index (χ0v) is 18.9. The number of anilines is 1. The van der Waals surface area contributed by atoms with E-state index in [2.05, 4.69) is 20.8 Å². The Labute approximate surface area is 190 Å². The Hall–Kier alpha value is -3.05. The number of hydrogen-bond donors (Lipinski definition) is 2. The number of ether oxygens (including phenoxy) is 2. The van der Waals surface area contributed by atoms with Crippen LogP contribution in [0.4, 0.5) is 5.69 Å².